The number of fused-ring (bicyclic) bond motifs is 6. The maximum Gasteiger partial charge on any atom is 0.252 e. The fraction of sp³-hybridized carbons (Fsp3) is 0.281. The second kappa shape index (κ2) is 25.5. The molecule has 2 amide bonds. The Hall–Kier alpha value is -10.9. The molecule has 2 fully saturated rings. The van der Waals surface area contributed by atoms with Crippen LogP contribution >= 0.6 is 0 Å². The van der Waals surface area contributed by atoms with Crippen molar-refractivity contribution in [3.8, 4) is 34.7 Å². The van der Waals surface area contributed by atoms with Crippen LogP contribution in [0.1, 0.15) is 37.1 Å². The minimum Gasteiger partial charge on any atom is -0.491 e. The Bertz CT molecular complexity index is 4120. The number of nitrogens with two attached hydrogens (primary N) is 2. The first-order valence-electron chi connectivity index (χ1n) is 29.5. The van der Waals surface area contributed by atoms with Crippen molar-refractivity contribution >= 4 is 68.4 Å². The monoisotopic (exact) mass is 1210 g/mol. The van der Waals surface area contributed by atoms with Crippen LogP contribution in [0, 0.1) is 0 Å². The van der Waals surface area contributed by atoms with Crippen molar-refractivity contribution in [3.05, 3.63) is 170 Å². The molecule has 2 aliphatic rings. The number of carbonyl (C=O) groups is 2. The first-order valence-corrected chi connectivity index (χ1v) is 29.5. The summed E-state index contributed by atoms with van der Waals surface area (Å²) in [6, 6.07) is 40.7. The second-order valence-electron chi connectivity index (χ2n) is 21.8. The molecule has 0 radical (unpaired) electrons. The van der Waals surface area contributed by atoms with E-state index in [-0.39, 0.29) is 35.8 Å². The average Bonchev–Trinajstić information content (AvgIpc) is 1.65. The van der Waals surface area contributed by atoms with Crippen molar-refractivity contribution in [2.75, 3.05) is 101 Å². The van der Waals surface area contributed by atoms with Gasteiger partial charge >= 0.3 is 0 Å². The van der Waals surface area contributed by atoms with Crippen LogP contribution in [-0.4, -0.2) is 172 Å². The van der Waals surface area contributed by atoms with Crippen LogP contribution in [0.3, 0.4) is 0 Å². The zero-order chi connectivity index (χ0) is 61.8. The highest BCUT2D eigenvalue weighted by molar-refractivity contribution is 5.94. The number of nitrogen functional groups attached to an aromatic ring is 2. The SMILES string of the molecule is COCCOc1ccc(N2CCN(C(=O)[C@@H](c3ccccc3)n3ncc4c3nc(N)n3nc(-c5ccco5)nc43)[C@H](C)C2)cc1.COCCOc1ccc(N2CCN(C(=O)[C@H](c3ccccc3)n3ncc4c3nc(N)n3nc(-c5ccco5)nc43)[C@H](C)C2)cc1. The summed E-state index contributed by atoms with van der Waals surface area (Å²) in [4.78, 5) is 56.0. The maximum absolute atomic E-state index is 14.5. The highest BCUT2D eigenvalue weighted by Crippen LogP contribution is 2.34. The Morgan fingerprint density at radius 3 is 1.29 bits per heavy atom. The van der Waals surface area contributed by atoms with Gasteiger partial charge in [-0.25, -0.2) is 19.3 Å². The number of benzene rings is 4. The molecule has 0 bridgehead atoms. The Balaban J connectivity index is 0.000000165. The Morgan fingerprint density at radius 1 is 0.511 bits per heavy atom. The van der Waals surface area contributed by atoms with Gasteiger partial charge in [-0.3, -0.25) is 9.59 Å². The van der Waals surface area contributed by atoms with E-state index in [4.69, 9.17) is 49.4 Å². The van der Waals surface area contributed by atoms with E-state index in [0.717, 1.165) is 34.0 Å². The molecule has 4 aromatic carbocycles. The van der Waals surface area contributed by atoms with E-state index in [0.29, 0.717) is 122 Å². The van der Waals surface area contributed by atoms with Gasteiger partial charge in [0.15, 0.2) is 46.2 Å². The molecule has 90 heavy (non-hydrogen) atoms. The molecule has 4 N–H and O–H groups in total. The van der Waals surface area contributed by atoms with Crippen molar-refractivity contribution in [2.24, 2.45) is 0 Å². The summed E-state index contributed by atoms with van der Waals surface area (Å²) < 4.78 is 38.7. The number of methoxy groups -OCH3 is 2. The van der Waals surface area contributed by atoms with Gasteiger partial charge in [-0.05, 0) is 97.8 Å². The largest absolute Gasteiger partial charge is 0.491 e. The molecule has 0 unspecified atom stereocenters. The fourth-order valence-electron chi connectivity index (χ4n) is 11.6. The van der Waals surface area contributed by atoms with Gasteiger partial charge < -0.3 is 58.8 Å². The van der Waals surface area contributed by atoms with Gasteiger partial charge in [0.1, 0.15) is 24.7 Å². The number of hydrogen-bond acceptors (Lipinski definition) is 20. The molecule has 0 aliphatic carbocycles. The quantitative estimate of drug-likeness (QED) is 0.0795. The number of anilines is 4. The third-order valence-corrected chi connectivity index (χ3v) is 16.1. The Kier molecular flexibility index (Phi) is 16.5. The minimum absolute atomic E-state index is 0.0611. The van der Waals surface area contributed by atoms with Crippen molar-refractivity contribution in [1.82, 2.24) is 68.5 Å². The van der Waals surface area contributed by atoms with Crippen LogP contribution in [0.2, 0.25) is 0 Å². The topological polar surface area (TPSA) is 284 Å². The van der Waals surface area contributed by atoms with E-state index in [1.807, 2.05) is 119 Å². The summed E-state index contributed by atoms with van der Waals surface area (Å²) in [6.45, 7) is 10.0. The fourth-order valence-corrected chi connectivity index (χ4v) is 11.6. The first-order chi connectivity index (χ1) is 44.0. The van der Waals surface area contributed by atoms with Gasteiger partial charge in [0.05, 0.1) is 48.9 Å². The molecule has 12 aromatic rings. The van der Waals surface area contributed by atoms with E-state index < -0.39 is 12.1 Å². The van der Waals surface area contributed by atoms with E-state index in [1.54, 1.807) is 72.8 Å². The van der Waals surface area contributed by atoms with E-state index in [1.165, 1.54) is 9.03 Å². The number of piperazine rings is 2. The molecule has 2 aliphatic heterocycles. The predicted molar refractivity (Wildman–Crippen MR) is 336 cm³/mol. The molecule has 14 rings (SSSR count). The molecule has 26 heteroatoms. The standard InChI is InChI=1S/2C32H33N9O4/c2*1-21-20-38(23-10-12-24(13-11-23)44-18-17-43-2)14-15-39(21)31(42)27(22-7-4-3-5-8-22)40-30-25(19-34-40)29-35-28(26-9-6-16-45-26)37-41(29)32(33)36-30/h2*3-13,16,19,21,27H,14-15,17-18,20H2,1-2H3,(H2,33,36)/t21-,27+;21-,27-/m11/s1. The lowest BCUT2D eigenvalue weighted by Crippen LogP contribution is -2.55. The number of amides is 2. The highest BCUT2D eigenvalue weighted by Gasteiger charge is 2.38. The van der Waals surface area contributed by atoms with Crippen LogP contribution in [0.15, 0.2) is 167 Å². The summed E-state index contributed by atoms with van der Waals surface area (Å²) in [6.07, 6.45) is 6.43. The van der Waals surface area contributed by atoms with Crippen LogP contribution in [0.25, 0.3) is 56.5 Å². The molecule has 0 spiro atoms. The highest BCUT2D eigenvalue weighted by atomic mass is 16.5. The number of nitrogens with zero attached hydrogens (tertiary/aromatic N) is 16. The molecule has 4 atom stereocenters. The molecular formula is C64H66N18O8. The molecule has 10 heterocycles. The summed E-state index contributed by atoms with van der Waals surface area (Å²) in [7, 11) is 3.30. The number of carbonyl (C=O) groups excluding carboxylic acids is 2. The molecule has 460 valence electrons. The first kappa shape index (κ1) is 58.2. The lowest BCUT2D eigenvalue weighted by Gasteiger charge is -2.42. The maximum atomic E-state index is 14.5. The lowest BCUT2D eigenvalue weighted by atomic mass is 10.0. The number of aromatic nitrogens is 12. The average molecular weight is 1220 g/mol. The normalized spacial score (nSPS) is 16.0. The van der Waals surface area contributed by atoms with Crippen LogP contribution in [-0.2, 0) is 19.1 Å². The van der Waals surface area contributed by atoms with Crippen LogP contribution < -0.4 is 30.7 Å². The van der Waals surface area contributed by atoms with Crippen molar-refractivity contribution in [3.63, 3.8) is 0 Å². The van der Waals surface area contributed by atoms with Gasteiger partial charge in [-0.15, -0.1) is 10.2 Å². The third-order valence-electron chi connectivity index (χ3n) is 16.1. The molecule has 26 nitrogen and oxygen atoms in total. The number of ether oxygens (including phenoxy) is 4. The van der Waals surface area contributed by atoms with Crippen molar-refractivity contribution < 1.29 is 37.4 Å². The lowest BCUT2D eigenvalue weighted by molar-refractivity contribution is -0.137. The second-order valence-corrected chi connectivity index (χ2v) is 21.8. The van der Waals surface area contributed by atoms with Crippen LogP contribution in [0.5, 0.6) is 11.5 Å². The van der Waals surface area contributed by atoms with Gasteiger partial charge in [0, 0.05) is 76.9 Å². The van der Waals surface area contributed by atoms with Crippen molar-refractivity contribution in [2.45, 2.75) is 38.0 Å². The smallest absolute Gasteiger partial charge is 0.252 e. The van der Waals surface area contributed by atoms with Crippen LogP contribution in [0.4, 0.5) is 23.3 Å². The predicted octanol–water partition coefficient (Wildman–Crippen LogP) is 7.34. The van der Waals surface area contributed by atoms with Gasteiger partial charge in [-0.1, -0.05) is 60.7 Å². The number of hydrogen-bond donors (Lipinski definition) is 2. The Labute approximate surface area is 515 Å². The zero-order valence-corrected chi connectivity index (χ0v) is 50.0. The van der Waals surface area contributed by atoms with E-state index in [9.17, 15) is 9.59 Å². The summed E-state index contributed by atoms with van der Waals surface area (Å²) >= 11 is 0. The summed E-state index contributed by atoms with van der Waals surface area (Å²) in [5, 5.41) is 19.6. The molecule has 0 saturated carbocycles. The summed E-state index contributed by atoms with van der Waals surface area (Å²) in [5.74, 6) is 3.48. The van der Waals surface area contributed by atoms with Gasteiger partial charge in [0.2, 0.25) is 23.5 Å². The van der Waals surface area contributed by atoms with E-state index >= 15 is 0 Å². The Morgan fingerprint density at radius 2 is 0.922 bits per heavy atom. The number of furan rings is 2. The van der Waals surface area contributed by atoms with Gasteiger partial charge in [-0.2, -0.15) is 29.2 Å². The summed E-state index contributed by atoms with van der Waals surface area (Å²) in [5.41, 5.74) is 18.3. The minimum atomic E-state index is -0.761. The molecule has 2 saturated heterocycles. The van der Waals surface area contributed by atoms with E-state index in [2.05, 4.69) is 53.8 Å². The number of rotatable bonds is 18. The van der Waals surface area contributed by atoms with Gasteiger partial charge in [0.25, 0.3) is 11.8 Å². The zero-order valence-electron chi connectivity index (χ0n) is 50.0. The molecule has 8 aromatic heterocycles. The third kappa shape index (κ3) is 11.5. The van der Waals surface area contributed by atoms with Crippen molar-refractivity contribution in [1.29, 1.82) is 0 Å². The molecular weight excluding hydrogens is 1150 g/mol.